The van der Waals surface area contributed by atoms with Crippen molar-refractivity contribution in [1.82, 2.24) is 15.0 Å². The van der Waals surface area contributed by atoms with E-state index in [9.17, 15) is 4.79 Å². The molecule has 1 aromatic heterocycles. The highest BCUT2D eigenvalue weighted by molar-refractivity contribution is 5.75. The first-order valence-corrected chi connectivity index (χ1v) is 7.26. The number of cyclic esters (lactones) is 1. The zero-order valence-electron chi connectivity index (χ0n) is 11.7. The van der Waals surface area contributed by atoms with Gasteiger partial charge in [0.25, 0.3) is 0 Å². The number of carbonyl (C=O) groups is 1. The minimum absolute atomic E-state index is 0.0483. The van der Waals surface area contributed by atoms with E-state index in [0.29, 0.717) is 6.54 Å². The Kier molecular flexibility index (Phi) is 3.67. The Balaban J connectivity index is 1.68. The van der Waals surface area contributed by atoms with Gasteiger partial charge in [-0.25, -0.2) is 4.68 Å². The van der Waals surface area contributed by atoms with Crippen molar-refractivity contribution in [3.05, 3.63) is 24.3 Å². The van der Waals surface area contributed by atoms with Gasteiger partial charge in [0.2, 0.25) is 0 Å². The predicted octanol–water partition coefficient (Wildman–Crippen LogP) is 2.55. The molecule has 5 heteroatoms. The average molecular weight is 273 g/mol. The molecule has 1 aliphatic heterocycles. The fourth-order valence-corrected chi connectivity index (χ4v) is 2.77. The molecule has 20 heavy (non-hydrogen) atoms. The summed E-state index contributed by atoms with van der Waals surface area (Å²) in [6, 6.07) is 7.83. The summed E-state index contributed by atoms with van der Waals surface area (Å²) in [5.74, 6) is 0.0163. The summed E-state index contributed by atoms with van der Waals surface area (Å²) in [4.78, 5) is 11.8. The Hall–Kier alpha value is -1.91. The van der Waals surface area contributed by atoms with Gasteiger partial charge in [-0.3, -0.25) is 4.79 Å². The molecular weight excluding hydrogens is 254 g/mol. The lowest BCUT2D eigenvalue weighted by Crippen LogP contribution is -2.16. The van der Waals surface area contributed by atoms with Gasteiger partial charge in [0, 0.05) is 0 Å². The number of nitrogens with zero attached hydrogens (tertiary/aromatic N) is 3. The number of para-hydroxylation sites is 1. The normalized spacial score (nSPS) is 22.4. The van der Waals surface area contributed by atoms with Crippen molar-refractivity contribution >= 4 is 17.0 Å². The van der Waals surface area contributed by atoms with Crippen LogP contribution in [0.5, 0.6) is 0 Å². The van der Waals surface area contributed by atoms with E-state index < -0.39 is 0 Å². The van der Waals surface area contributed by atoms with Gasteiger partial charge in [0.1, 0.15) is 11.6 Å². The van der Waals surface area contributed by atoms with Crippen molar-refractivity contribution in [3.8, 4) is 0 Å². The number of benzene rings is 1. The third-order valence-electron chi connectivity index (χ3n) is 3.87. The molecule has 3 rings (SSSR count). The van der Waals surface area contributed by atoms with Crippen LogP contribution in [0, 0.1) is 5.92 Å². The third kappa shape index (κ3) is 2.53. The molecule has 0 saturated carbocycles. The summed E-state index contributed by atoms with van der Waals surface area (Å²) in [6.45, 7) is 2.73. The van der Waals surface area contributed by atoms with E-state index in [1.54, 1.807) is 0 Å². The standard InChI is InChI=1S/C15H19N3O2/c1-2-3-6-11-9-12(20-15(11)19)10-18-14-8-5-4-7-13(14)16-17-18/h4-5,7-8,11-12H,2-3,6,9-10H2,1H3/t11-,12-/m1/s1. The number of carbonyl (C=O) groups excluding carboxylic acids is 1. The summed E-state index contributed by atoms with van der Waals surface area (Å²) in [7, 11) is 0. The number of unbranched alkanes of at least 4 members (excludes halogenated alkanes) is 1. The topological polar surface area (TPSA) is 57.0 Å². The largest absolute Gasteiger partial charge is 0.460 e. The summed E-state index contributed by atoms with van der Waals surface area (Å²) < 4.78 is 7.29. The van der Waals surface area contributed by atoms with Crippen molar-refractivity contribution in [1.29, 1.82) is 0 Å². The van der Waals surface area contributed by atoms with E-state index in [1.165, 1.54) is 0 Å². The zero-order chi connectivity index (χ0) is 13.9. The second-order valence-electron chi connectivity index (χ2n) is 5.39. The maximum absolute atomic E-state index is 11.8. The number of fused-ring (bicyclic) bond motifs is 1. The Labute approximate surface area is 117 Å². The molecule has 5 nitrogen and oxygen atoms in total. The minimum Gasteiger partial charge on any atom is -0.460 e. The van der Waals surface area contributed by atoms with Crippen LogP contribution in [0.2, 0.25) is 0 Å². The Morgan fingerprint density at radius 1 is 1.40 bits per heavy atom. The van der Waals surface area contributed by atoms with Crippen LogP contribution >= 0.6 is 0 Å². The zero-order valence-corrected chi connectivity index (χ0v) is 11.7. The number of esters is 1. The molecule has 0 N–H and O–H groups in total. The van der Waals surface area contributed by atoms with E-state index in [0.717, 1.165) is 36.7 Å². The second-order valence-corrected chi connectivity index (χ2v) is 5.39. The maximum atomic E-state index is 11.8. The van der Waals surface area contributed by atoms with Gasteiger partial charge in [0.15, 0.2) is 0 Å². The van der Waals surface area contributed by atoms with Crippen molar-refractivity contribution in [2.75, 3.05) is 0 Å². The van der Waals surface area contributed by atoms with E-state index in [2.05, 4.69) is 17.2 Å². The van der Waals surface area contributed by atoms with E-state index >= 15 is 0 Å². The molecule has 0 radical (unpaired) electrons. The lowest BCUT2D eigenvalue weighted by molar-refractivity contribution is -0.144. The predicted molar refractivity (Wildman–Crippen MR) is 75.0 cm³/mol. The molecule has 0 spiro atoms. The quantitative estimate of drug-likeness (QED) is 0.786. The van der Waals surface area contributed by atoms with Crippen LogP contribution < -0.4 is 0 Å². The monoisotopic (exact) mass is 273 g/mol. The summed E-state index contributed by atoms with van der Waals surface area (Å²) in [5, 5.41) is 8.27. The Bertz CT molecular complexity index is 608. The van der Waals surface area contributed by atoms with Crippen LogP contribution in [-0.2, 0) is 16.1 Å². The van der Waals surface area contributed by atoms with Crippen LogP contribution in [0.4, 0.5) is 0 Å². The number of aromatic nitrogens is 3. The van der Waals surface area contributed by atoms with Crippen LogP contribution in [0.3, 0.4) is 0 Å². The summed E-state index contributed by atoms with van der Waals surface area (Å²) in [5.41, 5.74) is 1.86. The lowest BCUT2D eigenvalue weighted by Gasteiger charge is -2.09. The van der Waals surface area contributed by atoms with Crippen LogP contribution in [-0.4, -0.2) is 27.1 Å². The second kappa shape index (κ2) is 5.61. The molecule has 0 unspecified atom stereocenters. The Morgan fingerprint density at radius 2 is 2.25 bits per heavy atom. The van der Waals surface area contributed by atoms with Gasteiger partial charge in [-0.2, -0.15) is 0 Å². The summed E-state index contributed by atoms with van der Waals surface area (Å²) in [6.07, 6.45) is 3.85. The first kappa shape index (κ1) is 13.1. The highest BCUT2D eigenvalue weighted by Crippen LogP contribution is 2.27. The molecule has 106 valence electrons. The van der Waals surface area contributed by atoms with Crippen molar-refractivity contribution in [3.63, 3.8) is 0 Å². The number of hydrogen-bond donors (Lipinski definition) is 0. The van der Waals surface area contributed by atoms with Crippen LogP contribution in [0.1, 0.15) is 32.6 Å². The average Bonchev–Trinajstić information content (AvgIpc) is 3.01. The van der Waals surface area contributed by atoms with Gasteiger partial charge < -0.3 is 4.74 Å². The first-order valence-electron chi connectivity index (χ1n) is 7.26. The van der Waals surface area contributed by atoms with Gasteiger partial charge in [-0.1, -0.05) is 37.1 Å². The van der Waals surface area contributed by atoms with Crippen LogP contribution in [0.25, 0.3) is 11.0 Å². The molecule has 0 bridgehead atoms. The molecule has 2 heterocycles. The maximum Gasteiger partial charge on any atom is 0.309 e. The smallest absolute Gasteiger partial charge is 0.309 e. The van der Waals surface area contributed by atoms with Gasteiger partial charge >= 0.3 is 5.97 Å². The number of hydrogen-bond acceptors (Lipinski definition) is 4. The van der Waals surface area contributed by atoms with E-state index in [4.69, 9.17) is 4.74 Å². The molecule has 2 aromatic rings. The third-order valence-corrected chi connectivity index (χ3v) is 3.87. The number of rotatable bonds is 5. The molecule has 1 aromatic carbocycles. The Morgan fingerprint density at radius 3 is 3.10 bits per heavy atom. The number of ether oxygens (including phenoxy) is 1. The summed E-state index contributed by atoms with van der Waals surface area (Å²) >= 11 is 0. The lowest BCUT2D eigenvalue weighted by atomic mass is 9.98. The van der Waals surface area contributed by atoms with Gasteiger partial charge in [0.05, 0.1) is 18.0 Å². The molecule has 0 amide bonds. The highest BCUT2D eigenvalue weighted by Gasteiger charge is 2.34. The van der Waals surface area contributed by atoms with Crippen molar-refractivity contribution in [2.24, 2.45) is 5.92 Å². The molecule has 1 saturated heterocycles. The van der Waals surface area contributed by atoms with E-state index in [1.807, 2.05) is 28.9 Å². The fourth-order valence-electron chi connectivity index (χ4n) is 2.77. The molecule has 1 fully saturated rings. The molecule has 2 atom stereocenters. The minimum atomic E-state index is -0.0746. The molecular formula is C15H19N3O2. The van der Waals surface area contributed by atoms with Crippen LogP contribution in [0.15, 0.2) is 24.3 Å². The SMILES string of the molecule is CCCC[C@@H]1C[C@H](Cn2nnc3ccccc32)OC1=O. The molecule has 1 aliphatic rings. The van der Waals surface area contributed by atoms with Gasteiger partial charge in [-0.15, -0.1) is 5.10 Å². The molecule has 0 aliphatic carbocycles. The van der Waals surface area contributed by atoms with Gasteiger partial charge in [-0.05, 0) is 25.0 Å². The van der Waals surface area contributed by atoms with Crippen molar-refractivity contribution < 1.29 is 9.53 Å². The van der Waals surface area contributed by atoms with E-state index in [-0.39, 0.29) is 18.0 Å². The highest BCUT2D eigenvalue weighted by atomic mass is 16.6. The first-order chi connectivity index (χ1) is 9.78. The fraction of sp³-hybridized carbons (Fsp3) is 0.533. The van der Waals surface area contributed by atoms with Crippen molar-refractivity contribution in [2.45, 2.75) is 45.3 Å².